The van der Waals surface area contributed by atoms with Crippen molar-refractivity contribution in [3.05, 3.63) is 36.0 Å². The Hall–Kier alpha value is -4.62. The number of hydrogen-bond acceptors (Lipinski definition) is 7. The number of carboxylic acid groups (broad SMARTS) is 1. The van der Waals surface area contributed by atoms with Gasteiger partial charge in [0.25, 0.3) is 0 Å². The number of para-hydroxylation sites is 1. The maximum Gasteiger partial charge on any atom is 0.408 e. The molecule has 43 heavy (non-hydrogen) atoms. The number of alkyl carbamates (subject to hydrolysis) is 1. The molecular weight excluding hydrogens is 560 g/mol. The zero-order valence-corrected chi connectivity index (χ0v) is 25.1. The van der Waals surface area contributed by atoms with Crippen molar-refractivity contribution in [3.8, 4) is 0 Å². The van der Waals surface area contributed by atoms with Crippen LogP contribution in [-0.2, 0) is 35.1 Å². The van der Waals surface area contributed by atoms with Crippen LogP contribution in [0.25, 0.3) is 10.9 Å². The number of benzene rings is 1. The van der Waals surface area contributed by atoms with Gasteiger partial charge in [-0.15, -0.1) is 0 Å². The highest BCUT2D eigenvalue weighted by Crippen LogP contribution is 2.19. The van der Waals surface area contributed by atoms with Crippen LogP contribution in [0.1, 0.15) is 65.9 Å². The van der Waals surface area contributed by atoms with Gasteiger partial charge in [-0.3, -0.25) is 24.0 Å². The topological polar surface area (TPSA) is 222 Å². The molecule has 2 rings (SSSR count). The normalized spacial score (nSPS) is 14.1. The first kappa shape index (κ1) is 34.6. The lowest BCUT2D eigenvalue weighted by molar-refractivity contribution is -0.140. The Kier molecular flexibility index (Phi) is 12.5. The zero-order chi connectivity index (χ0) is 32.3. The lowest BCUT2D eigenvalue weighted by Gasteiger charge is -2.26. The summed E-state index contributed by atoms with van der Waals surface area (Å²) in [6.45, 7) is 8.35. The molecule has 0 unspecified atom stereocenters. The van der Waals surface area contributed by atoms with Crippen molar-refractivity contribution in [2.24, 2.45) is 5.73 Å². The lowest BCUT2D eigenvalue weighted by Crippen LogP contribution is -2.58. The third-order valence-corrected chi connectivity index (χ3v) is 6.38. The molecule has 5 amide bonds. The highest BCUT2D eigenvalue weighted by molar-refractivity contribution is 5.96. The van der Waals surface area contributed by atoms with E-state index in [2.05, 4.69) is 26.3 Å². The molecule has 1 aromatic carbocycles. The number of fused-ring (bicyclic) bond motifs is 1. The molecule has 14 heteroatoms. The Morgan fingerprint density at radius 3 is 2.14 bits per heavy atom. The first-order valence-corrected chi connectivity index (χ1v) is 14.1. The highest BCUT2D eigenvalue weighted by Gasteiger charge is 2.31. The Labute approximate surface area is 249 Å². The minimum atomic E-state index is -1.48. The smallest absolute Gasteiger partial charge is 0.408 e. The number of carbonyl (C=O) groups is 6. The third-order valence-electron chi connectivity index (χ3n) is 6.38. The van der Waals surface area contributed by atoms with Crippen molar-refractivity contribution >= 4 is 46.6 Å². The molecule has 14 nitrogen and oxygen atoms in total. The number of H-pyrrole nitrogens is 1. The van der Waals surface area contributed by atoms with Gasteiger partial charge in [0.1, 0.15) is 29.8 Å². The molecule has 0 aliphatic carbocycles. The average Bonchev–Trinajstić information content (AvgIpc) is 3.31. The minimum Gasteiger partial charge on any atom is -0.481 e. The molecule has 0 aliphatic rings. The Balaban J connectivity index is 2.30. The van der Waals surface area contributed by atoms with E-state index in [-0.39, 0.29) is 12.8 Å². The number of unbranched alkanes of at least 4 members (excludes halogenated alkanes) is 1. The number of aliphatic carboxylic acids is 1. The van der Waals surface area contributed by atoms with E-state index in [9.17, 15) is 28.8 Å². The highest BCUT2D eigenvalue weighted by atomic mass is 16.6. The molecule has 0 saturated carbocycles. The first-order valence-electron chi connectivity index (χ1n) is 14.1. The predicted molar refractivity (Wildman–Crippen MR) is 158 cm³/mol. The fourth-order valence-corrected chi connectivity index (χ4v) is 4.20. The quantitative estimate of drug-likeness (QED) is 0.157. The maximum absolute atomic E-state index is 13.6. The van der Waals surface area contributed by atoms with Gasteiger partial charge in [0.2, 0.25) is 23.6 Å². The number of carboxylic acids is 1. The van der Waals surface area contributed by atoms with Gasteiger partial charge in [0.05, 0.1) is 6.42 Å². The Morgan fingerprint density at radius 1 is 0.930 bits per heavy atom. The summed E-state index contributed by atoms with van der Waals surface area (Å²) in [6.07, 6.45) is 1.59. The number of aromatic nitrogens is 1. The summed E-state index contributed by atoms with van der Waals surface area (Å²) < 4.78 is 5.21. The summed E-state index contributed by atoms with van der Waals surface area (Å²) in [4.78, 5) is 78.0. The summed E-state index contributed by atoms with van der Waals surface area (Å²) in [5, 5.41) is 19.9. The summed E-state index contributed by atoms with van der Waals surface area (Å²) in [5.41, 5.74) is 6.01. The SMILES string of the molecule is CCCC[C@H](NC(=O)[C@H](Cc1c[nH]c2ccccc12)NC(=O)[C@H](C)NC(=O)OC(C)(C)C)C(=O)N[C@@H](CC(=O)O)C(N)=O. The third kappa shape index (κ3) is 11.3. The second-order valence-electron chi connectivity index (χ2n) is 11.3. The van der Waals surface area contributed by atoms with E-state index in [0.29, 0.717) is 18.4 Å². The van der Waals surface area contributed by atoms with Crippen molar-refractivity contribution in [1.82, 2.24) is 26.3 Å². The van der Waals surface area contributed by atoms with E-state index in [1.807, 2.05) is 31.2 Å². The van der Waals surface area contributed by atoms with Crippen molar-refractivity contribution in [2.45, 2.75) is 96.5 Å². The molecule has 236 valence electrons. The van der Waals surface area contributed by atoms with Crippen molar-refractivity contribution in [1.29, 1.82) is 0 Å². The molecule has 0 bridgehead atoms. The zero-order valence-electron chi connectivity index (χ0n) is 25.1. The number of primary amides is 1. The van der Waals surface area contributed by atoms with E-state index >= 15 is 0 Å². The van der Waals surface area contributed by atoms with E-state index in [1.54, 1.807) is 27.0 Å². The van der Waals surface area contributed by atoms with Gasteiger partial charge >= 0.3 is 12.1 Å². The van der Waals surface area contributed by atoms with Gasteiger partial charge in [0, 0.05) is 23.5 Å². The Morgan fingerprint density at radius 2 is 1.53 bits per heavy atom. The minimum absolute atomic E-state index is 0.0335. The van der Waals surface area contributed by atoms with Gasteiger partial charge in [-0.1, -0.05) is 38.0 Å². The molecule has 2 aromatic rings. The van der Waals surface area contributed by atoms with Crippen LogP contribution in [0.4, 0.5) is 4.79 Å². The predicted octanol–water partition coefficient (Wildman–Crippen LogP) is 1.23. The average molecular weight is 603 g/mol. The van der Waals surface area contributed by atoms with Crippen LogP contribution >= 0.6 is 0 Å². The van der Waals surface area contributed by atoms with Crippen molar-refractivity contribution in [2.75, 3.05) is 0 Å². The monoisotopic (exact) mass is 602 g/mol. The maximum atomic E-state index is 13.6. The molecule has 1 aromatic heterocycles. The molecule has 4 atom stereocenters. The molecule has 0 aliphatic heterocycles. The first-order chi connectivity index (χ1) is 20.1. The molecule has 0 spiro atoms. The van der Waals surface area contributed by atoms with Gasteiger partial charge in [-0.05, 0) is 45.7 Å². The molecular formula is C29H42N6O8. The lowest BCUT2D eigenvalue weighted by atomic mass is 10.0. The van der Waals surface area contributed by atoms with Crippen LogP contribution in [0.5, 0.6) is 0 Å². The molecule has 0 saturated heterocycles. The Bertz CT molecular complexity index is 1320. The number of rotatable bonds is 15. The molecule has 0 fully saturated rings. The van der Waals surface area contributed by atoms with E-state index in [4.69, 9.17) is 15.6 Å². The number of aromatic amines is 1. The van der Waals surface area contributed by atoms with Crippen LogP contribution in [0.3, 0.4) is 0 Å². The summed E-state index contributed by atoms with van der Waals surface area (Å²) >= 11 is 0. The van der Waals surface area contributed by atoms with Crippen LogP contribution in [-0.4, -0.2) is 75.6 Å². The largest absolute Gasteiger partial charge is 0.481 e. The van der Waals surface area contributed by atoms with Crippen LogP contribution < -0.4 is 27.0 Å². The van der Waals surface area contributed by atoms with Gasteiger partial charge in [0.15, 0.2) is 0 Å². The van der Waals surface area contributed by atoms with Gasteiger partial charge < -0.3 is 41.8 Å². The second kappa shape index (κ2) is 15.6. The van der Waals surface area contributed by atoms with Crippen LogP contribution in [0.2, 0.25) is 0 Å². The summed E-state index contributed by atoms with van der Waals surface area (Å²) in [7, 11) is 0. The van der Waals surface area contributed by atoms with Crippen molar-refractivity contribution in [3.63, 3.8) is 0 Å². The van der Waals surface area contributed by atoms with E-state index in [1.165, 1.54) is 6.92 Å². The number of carbonyl (C=O) groups excluding carboxylic acids is 5. The fourth-order valence-electron chi connectivity index (χ4n) is 4.20. The van der Waals surface area contributed by atoms with Crippen LogP contribution in [0.15, 0.2) is 30.5 Å². The van der Waals surface area contributed by atoms with Gasteiger partial charge in [-0.2, -0.15) is 0 Å². The number of amides is 5. The van der Waals surface area contributed by atoms with Gasteiger partial charge in [-0.25, -0.2) is 4.79 Å². The van der Waals surface area contributed by atoms with Crippen LogP contribution in [0, 0.1) is 0 Å². The van der Waals surface area contributed by atoms with E-state index < -0.39 is 71.9 Å². The standard InChI is InChI=1S/C29H42N6O8/c1-6-7-11-20(26(40)34-21(24(30)38)14-23(36)37)33-27(41)22(13-17-15-31-19-12-9-8-10-18(17)19)35-25(39)16(2)32-28(42)43-29(3,4)5/h8-10,12,15-16,20-22,31H,6-7,11,13-14H2,1-5H3,(H2,30,38)(H,32,42)(H,33,41)(H,34,40)(H,35,39)(H,36,37)/t16-,20-,21-,22-/m0/s1. The molecule has 0 radical (unpaired) electrons. The summed E-state index contributed by atoms with van der Waals surface area (Å²) in [6, 6.07) is 2.51. The number of ether oxygens (including phenoxy) is 1. The molecule has 8 N–H and O–H groups in total. The summed E-state index contributed by atoms with van der Waals surface area (Å²) in [5.74, 6) is -4.53. The van der Waals surface area contributed by atoms with E-state index in [0.717, 1.165) is 10.9 Å². The number of hydrogen-bond donors (Lipinski definition) is 7. The number of nitrogens with one attached hydrogen (secondary N) is 5. The second-order valence-corrected chi connectivity index (χ2v) is 11.3. The van der Waals surface area contributed by atoms with Crippen molar-refractivity contribution < 1.29 is 38.6 Å². The molecule has 1 heterocycles. The fraction of sp³-hybridized carbons (Fsp3) is 0.517. The number of nitrogens with two attached hydrogens (primary N) is 1.